The van der Waals surface area contributed by atoms with Crippen molar-refractivity contribution in [3.05, 3.63) is 48.6 Å². The van der Waals surface area contributed by atoms with Gasteiger partial charge in [0.25, 0.3) is 0 Å². The maximum Gasteiger partial charge on any atom is 0.310 e. The lowest BCUT2D eigenvalue weighted by molar-refractivity contribution is -0.154. The van der Waals surface area contributed by atoms with Crippen LogP contribution in [0, 0.1) is 11.8 Å². The van der Waals surface area contributed by atoms with Gasteiger partial charge in [0.2, 0.25) is 11.8 Å². The Labute approximate surface area is 225 Å². The number of rotatable bonds is 9. The molecule has 4 fully saturated rings. The van der Waals surface area contributed by atoms with E-state index >= 15 is 0 Å². The molecule has 2 amide bonds. The number of likely N-dealkylation sites (tertiary alicyclic amines) is 1. The monoisotopic (exact) mass is 574 g/mol. The van der Waals surface area contributed by atoms with Gasteiger partial charge in [0.1, 0.15) is 11.6 Å². The van der Waals surface area contributed by atoms with E-state index in [-0.39, 0.29) is 23.4 Å². The van der Waals surface area contributed by atoms with E-state index in [0.717, 1.165) is 37.7 Å². The fourth-order valence-electron chi connectivity index (χ4n) is 7.27. The molecule has 1 spiro atoms. The zero-order valence-electron chi connectivity index (χ0n) is 20.9. The fourth-order valence-corrected chi connectivity index (χ4v) is 8.21. The summed E-state index contributed by atoms with van der Waals surface area (Å²) in [6.07, 6.45) is 6.68. The van der Waals surface area contributed by atoms with Crippen LogP contribution in [0.5, 0.6) is 0 Å². The first-order valence-corrected chi connectivity index (χ1v) is 14.2. The first kappa shape index (κ1) is 26.4. The van der Waals surface area contributed by atoms with E-state index < -0.39 is 47.5 Å². The maximum absolute atomic E-state index is 14.5. The van der Waals surface area contributed by atoms with Gasteiger partial charge in [0, 0.05) is 17.4 Å². The van der Waals surface area contributed by atoms with Gasteiger partial charge in [0.05, 0.1) is 30.6 Å². The number of aliphatic hydroxyl groups excluding tert-OH is 1. The maximum atomic E-state index is 14.5. The van der Waals surface area contributed by atoms with E-state index in [1.807, 2.05) is 35.2 Å². The van der Waals surface area contributed by atoms with Crippen LogP contribution < -0.4 is 0 Å². The number of benzene rings is 1. The number of carboxylic acids is 1. The molecule has 0 aromatic heterocycles. The predicted octanol–water partition coefficient (Wildman–Crippen LogP) is 2.77. The Balaban J connectivity index is 1.58. The quantitative estimate of drug-likeness (QED) is 0.347. The van der Waals surface area contributed by atoms with E-state index in [2.05, 4.69) is 22.5 Å². The van der Waals surface area contributed by atoms with Gasteiger partial charge < -0.3 is 24.7 Å². The second kappa shape index (κ2) is 10.5. The van der Waals surface area contributed by atoms with Crippen molar-refractivity contribution in [1.82, 2.24) is 9.80 Å². The number of carbonyl (C=O) groups is 3. The molecular weight excluding hydrogens is 540 g/mol. The molecule has 4 aliphatic rings. The van der Waals surface area contributed by atoms with Crippen molar-refractivity contribution in [3.8, 4) is 0 Å². The second-order valence-corrected chi connectivity index (χ2v) is 12.0. The zero-order chi connectivity index (χ0) is 26.3. The van der Waals surface area contributed by atoms with Gasteiger partial charge in [-0.15, -0.1) is 6.58 Å². The van der Waals surface area contributed by atoms with E-state index in [9.17, 15) is 24.6 Å². The topological polar surface area (TPSA) is 107 Å². The number of ether oxygens (including phenoxy) is 1. The molecule has 7 atom stereocenters. The third-order valence-electron chi connectivity index (χ3n) is 8.79. The van der Waals surface area contributed by atoms with E-state index in [1.165, 1.54) is 4.90 Å². The van der Waals surface area contributed by atoms with Gasteiger partial charge in [-0.1, -0.05) is 71.6 Å². The molecule has 2 N–H and O–H groups in total. The van der Waals surface area contributed by atoms with E-state index in [1.54, 1.807) is 6.08 Å². The Morgan fingerprint density at radius 2 is 1.95 bits per heavy atom. The molecule has 3 aliphatic heterocycles. The van der Waals surface area contributed by atoms with Crippen LogP contribution in [0.3, 0.4) is 0 Å². The van der Waals surface area contributed by atoms with Gasteiger partial charge in [-0.05, 0) is 31.2 Å². The number of halogens is 1. The lowest BCUT2D eigenvalue weighted by Crippen LogP contribution is -2.60. The first-order valence-electron chi connectivity index (χ1n) is 13.3. The highest BCUT2D eigenvalue weighted by molar-refractivity contribution is 9.09. The number of aliphatic hydroxyl groups is 1. The molecule has 200 valence electrons. The van der Waals surface area contributed by atoms with Crippen molar-refractivity contribution in [2.75, 3.05) is 13.2 Å². The molecule has 37 heavy (non-hydrogen) atoms. The molecule has 9 heteroatoms. The number of alkyl halides is 1. The van der Waals surface area contributed by atoms with Crippen molar-refractivity contribution in [3.63, 3.8) is 0 Å². The minimum Gasteiger partial charge on any atom is -0.481 e. The Morgan fingerprint density at radius 1 is 1.24 bits per heavy atom. The minimum atomic E-state index is -1.26. The number of fused-ring (bicyclic) bond motifs is 1. The summed E-state index contributed by atoms with van der Waals surface area (Å²) in [6, 6.07) is 7.84. The summed E-state index contributed by atoms with van der Waals surface area (Å²) in [6.45, 7) is 3.87. The standard InChI is InChI=1S/C28H35BrN2O6/c1-2-13-30(18-11-7-4-8-12-18)26(34)24-28-15-20(29)23(37-28)21(27(35)36)22(28)25(33)31(24)19(16-32)14-17-9-5-3-6-10-17/h2-3,5-6,9-10,18-24,32H,1,4,7-8,11-16H2,(H,35,36)/t19-,20?,21+,22-,23+,24+,28-/m1/s1. The van der Waals surface area contributed by atoms with Gasteiger partial charge in [-0.3, -0.25) is 14.4 Å². The van der Waals surface area contributed by atoms with Crippen LogP contribution in [0.15, 0.2) is 43.0 Å². The summed E-state index contributed by atoms with van der Waals surface area (Å²) in [5, 5.41) is 20.6. The number of carboxylic acid groups (broad SMARTS) is 1. The molecule has 2 bridgehead atoms. The highest BCUT2D eigenvalue weighted by atomic mass is 79.9. The van der Waals surface area contributed by atoms with Crippen LogP contribution in [0.25, 0.3) is 0 Å². The first-order chi connectivity index (χ1) is 17.8. The second-order valence-electron chi connectivity index (χ2n) is 10.8. The summed E-state index contributed by atoms with van der Waals surface area (Å²) in [5.74, 6) is -3.77. The lowest BCUT2D eigenvalue weighted by atomic mass is 9.70. The molecule has 1 aromatic rings. The molecule has 5 rings (SSSR count). The summed E-state index contributed by atoms with van der Waals surface area (Å²) in [7, 11) is 0. The molecule has 8 nitrogen and oxygen atoms in total. The van der Waals surface area contributed by atoms with E-state index in [0.29, 0.717) is 19.4 Å². The average Bonchev–Trinajstić information content (AvgIpc) is 3.50. The number of aliphatic carboxylic acids is 1. The highest BCUT2D eigenvalue weighted by Gasteiger charge is 2.77. The minimum absolute atomic E-state index is 0.0296. The number of hydrogen-bond donors (Lipinski definition) is 2. The average molecular weight is 575 g/mol. The fraction of sp³-hybridized carbons (Fsp3) is 0.607. The van der Waals surface area contributed by atoms with Crippen molar-refractivity contribution in [2.45, 2.75) is 79.6 Å². The number of hydrogen-bond acceptors (Lipinski definition) is 5. The summed E-state index contributed by atoms with van der Waals surface area (Å²) >= 11 is 3.60. The van der Waals surface area contributed by atoms with E-state index in [4.69, 9.17) is 4.74 Å². The number of amides is 2. The predicted molar refractivity (Wildman–Crippen MR) is 140 cm³/mol. The zero-order valence-corrected chi connectivity index (χ0v) is 22.5. The molecule has 3 heterocycles. The van der Waals surface area contributed by atoms with Gasteiger partial charge in [-0.25, -0.2) is 0 Å². The molecular formula is C28H35BrN2O6. The van der Waals surface area contributed by atoms with Crippen molar-refractivity contribution >= 4 is 33.7 Å². The smallest absolute Gasteiger partial charge is 0.310 e. The van der Waals surface area contributed by atoms with Crippen LogP contribution >= 0.6 is 15.9 Å². The molecule has 1 aliphatic carbocycles. The molecule has 0 radical (unpaired) electrons. The Morgan fingerprint density at radius 3 is 2.57 bits per heavy atom. The largest absolute Gasteiger partial charge is 0.481 e. The molecule has 3 saturated heterocycles. The van der Waals surface area contributed by atoms with Gasteiger partial charge in [0.15, 0.2) is 0 Å². The lowest BCUT2D eigenvalue weighted by Gasteiger charge is -2.42. The Bertz CT molecular complexity index is 1050. The number of carbonyl (C=O) groups excluding carboxylic acids is 2. The summed E-state index contributed by atoms with van der Waals surface area (Å²) in [5.41, 5.74) is -0.336. The number of nitrogens with zero attached hydrogens (tertiary/aromatic N) is 2. The van der Waals surface area contributed by atoms with Crippen molar-refractivity contribution in [1.29, 1.82) is 0 Å². The molecule has 1 unspecified atom stereocenters. The SMILES string of the molecule is C=CCN(C(=O)[C@@H]1N([C@@H](CO)Cc2ccccc2)C(=O)[C@H]2[C@H](C(=O)O)[C@H]3O[C@@]12CC3Br)C1CCCCC1. The Kier molecular flexibility index (Phi) is 7.49. The molecule has 1 saturated carbocycles. The summed E-state index contributed by atoms with van der Waals surface area (Å²) in [4.78, 5) is 44.1. The van der Waals surface area contributed by atoms with Crippen molar-refractivity contribution in [2.24, 2.45) is 11.8 Å². The van der Waals surface area contributed by atoms with Crippen LogP contribution in [-0.4, -0.2) is 85.6 Å². The Hall–Kier alpha value is -2.23. The highest BCUT2D eigenvalue weighted by Crippen LogP contribution is 2.60. The normalized spacial score (nSPS) is 33.8. The van der Waals surface area contributed by atoms with Crippen LogP contribution in [0.1, 0.15) is 44.1 Å². The third kappa shape index (κ3) is 4.33. The van der Waals surface area contributed by atoms with Gasteiger partial charge >= 0.3 is 5.97 Å². The molecule has 1 aromatic carbocycles. The van der Waals surface area contributed by atoms with Crippen LogP contribution in [0.4, 0.5) is 0 Å². The summed E-state index contributed by atoms with van der Waals surface area (Å²) < 4.78 is 6.42. The van der Waals surface area contributed by atoms with Crippen LogP contribution in [0.2, 0.25) is 0 Å². The third-order valence-corrected chi connectivity index (χ3v) is 9.63. The van der Waals surface area contributed by atoms with Crippen LogP contribution in [-0.2, 0) is 25.5 Å². The van der Waals surface area contributed by atoms with Gasteiger partial charge in [-0.2, -0.15) is 0 Å². The van der Waals surface area contributed by atoms with Crippen molar-refractivity contribution < 1.29 is 29.3 Å².